The number of halogens is 1. The minimum absolute atomic E-state index is 0.0104. The summed E-state index contributed by atoms with van der Waals surface area (Å²) in [6.45, 7) is 2.42. The van der Waals surface area contributed by atoms with E-state index in [0.29, 0.717) is 12.8 Å². The number of amides is 1. The summed E-state index contributed by atoms with van der Waals surface area (Å²) in [5.41, 5.74) is 0.752. The summed E-state index contributed by atoms with van der Waals surface area (Å²) >= 11 is 1.49. The molecule has 1 N–H and O–H groups in total. The molecule has 3 rings (SSSR count). The van der Waals surface area contributed by atoms with Crippen LogP contribution >= 0.6 is 11.3 Å². The van der Waals surface area contributed by atoms with Crippen molar-refractivity contribution in [2.24, 2.45) is 0 Å². The molecule has 1 aliphatic heterocycles. The zero-order valence-corrected chi connectivity index (χ0v) is 15.2. The number of sulfonamides is 1. The molecular formula is C16H18FN3O3S2. The van der Waals surface area contributed by atoms with Crippen LogP contribution in [0.2, 0.25) is 0 Å². The number of nitrogens with zero attached hydrogens (tertiary/aromatic N) is 2. The predicted octanol–water partition coefficient (Wildman–Crippen LogP) is 2.06. The van der Waals surface area contributed by atoms with E-state index in [2.05, 4.69) is 10.3 Å². The minimum Gasteiger partial charge on any atom is -0.349 e. The van der Waals surface area contributed by atoms with E-state index in [1.165, 1.54) is 27.8 Å². The monoisotopic (exact) mass is 383 g/mol. The number of carbonyl (C=O) groups is 1. The van der Waals surface area contributed by atoms with Gasteiger partial charge in [0.2, 0.25) is 15.9 Å². The first-order valence-corrected chi connectivity index (χ1v) is 10.2. The lowest BCUT2D eigenvalue weighted by Crippen LogP contribution is -2.45. The normalized spacial score (nSPS) is 18.4. The average molecular weight is 383 g/mol. The highest BCUT2D eigenvalue weighted by Gasteiger charge is 2.39. The van der Waals surface area contributed by atoms with E-state index in [-0.39, 0.29) is 23.9 Å². The number of benzene rings is 1. The predicted molar refractivity (Wildman–Crippen MR) is 92.0 cm³/mol. The quantitative estimate of drug-likeness (QED) is 0.857. The minimum atomic E-state index is -3.84. The number of nitrogens with one attached hydrogen (secondary N) is 1. The van der Waals surface area contributed by atoms with Crippen molar-refractivity contribution in [3.05, 3.63) is 46.2 Å². The number of aryl methyl sites for hydroxylation is 1. The number of thiazole rings is 1. The SMILES string of the molecule is Cc1nc(CNC(=O)C2CCCN2S(=O)(=O)c2ccc(F)cc2)cs1. The highest BCUT2D eigenvalue weighted by Crippen LogP contribution is 2.26. The molecule has 9 heteroatoms. The van der Waals surface area contributed by atoms with Crippen molar-refractivity contribution < 1.29 is 17.6 Å². The molecule has 0 saturated carbocycles. The molecule has 1 aromatic heterocycles. The van der Waals surface area contributed by atoms with E-state index in [4.69, 9.17) is 0 Å². The zero-order chi connectivity index (χ0) is 18.0. The smallest absolute Gasteiger partial charge is 0.243 e. The van der Waals surface area contributed by atoms with Crippen LogP contribution in [0, 0.1) is 12.7 Å². The molecule has 1 saturated heterocycles. The maximum Gasteiger partial charge on any atom is 0.243 e. The van der Waals surface area contributed by atoms with Gasteiger partial charge < -0.3 is 5.32 Å². The molecule has 1 fully saturated rings. The molecule has 1 atom stereocenters. The van der Waals surface area contributed by atoms with Crippen molar-refractivity contribution in [2.45, 2.75) is 37.2 Å². The van der Waals surface area contributed by atoms with Gasteiger partial charge in [0.1, 0.15) is 11.9 Å². The Bertz CT molecular complexity index is 865. The first-order chi connectivity index (χ1) is 11.9. The van der Waals surface area contributed by atoms with Gasteiger partial charge in [-0.1, -0.05) is 0 Å². The number of hydrogen-bond acceptors (Lipinski definition) is 5. The molecule has 6 nitrogen and oxygen atoms in total. The molecular weight excluding hydrogens is 365 g/mol. The van der Waals surface area contributed by atoms with Gasteiger partial charge in [-0.05, 0) is 44.0 Å². The topological polar surface area (TPSA) is 79.4 Å². The summed E-state index contributed by atoms with van der Waals surface area (Å²) in [7, 11) is -3.84. The molecule has 1 aliphatic rings. The van der Waals surface area contributed by atoms with Crippen LogP contribution in [0.15, 0.2) is 34.5 Å². The Balaban J connectivity index is 1.72. The fourth-order valence-corrected chi connectivity index (χ4v) is 5.09. The summed E-state index contributed by atoms with van der Waals surface area (Å²) in [6, 6.07) is 3.88. The maximum atomic E-state index is 13.0. The van der Waals surface area contributed by atoms with Crippen molar-refractivity contribution in [3.8, 4) is 0 Å². The summed E-state index contributed by atoms with van der Waals surface area (Å²) in [6.07, 6.45) is 1.07. The van der Waals surface area contributed by atoms with Gasteiger partial charge in [0.05, 0.1) is 22.1 Å². The van der Waals surface area contributed by atoms with E-state index >= 15 is 0 Å². The second-order valence-corrected chi connectivity index (χ2v) is 8.76. The Labute approximate surface area is 149 Å². The van der Waals surface area contributed by atoms with Gasteiger partial charge in [-0.25, -0.2) is 17.8 Å². The number of aromatic nitrogens is 1. The molecule has 0 bridgehead atoms. The first-order valence-electron chi connectivity index (χ1n) is 7.84. The van der Waals surface area contributed by atoms with Crippen molar-refractivity contribution in [1.29, 1.82) is 0 Å². The van der Waals surface area contributed by atoms with Crippen LogP contribution in [0.5, 0.6) is 0 Å². The van der Waals surface area contributed by atoms with E-state index < -0.39 is 21.9 Å². The molecule has 2 aromatic rings. The van der Waals surface area contributed by atoms with Gasteiger partial charge >= 0.3 is 0 Å². The largest absolute Gasteiger partial charge is 0.349 e. The Morgan fingerprint density at radius 1 is 1.40 bits per heavy atom. The van der Waals surface area contributed by atoms with Crippen LogP contribution in [-0.2, 0) is 21.4 Å². The fraction of sp³-hybridized carbons (Fsp3) is 0.375. The molecule has 1 aromatic carbocycles. The molecule has 25 heavy (non-hydrogen) atoms. The van der Waals surface area contributed by atoms with Crippen LogP contribution in [0.3, 0.4) is 0 Å². The third-order valence-electron chi connectivity index (χ3n) is 4.04. The van der Waals surface area contributed by atoms with Crippen LogP contribution < -0.4 is 5.32 Å². The number of hydrogen-bond donors (Lipinski definition) is 1. The van der Waals surface area contributed by atoms with Crippen LogP contribution in [-0.4, -0.2) is 36.2 Å². The van der Waals surface area contributed by atoms with Crippen LogP contribution in [0.4, 0.5) is 4.39 Å². The van der Waals surface area contributed by atoms with Crippen LogP contribution in [0.1, 0.15) is 23.5 Å². The van der Waals surface area contributed by atoms with Gasteiger partial charge in [-0.2, -0.15) is 4.31 Å². The first kappa shape index (κ1) is 18.0. The molecule has 0 spiro atoms. The molecule has 0 aliphatic carbocycles. The van der Waals surface area contributed by atoms with Crippen molar-refractivity contribution in [1.82, 2.24) is 14.6 Å². The fourth-order valence-electron chi connectivity index (χ4n) is 2.82. The Morgan fingerprint density at radius 2 is 2.12 bits per heavy atom. The third kappa shape index (κ3) is 3.88. The Kier molecular flexibility index (Phi) is 5.16. The molecule has 1 unspecified atom stereocenters. The van der Waals surface area contributed by atoms with E-state index in [1.807, 2.05) is 12.3 Å². The molecule has 134 valence electrons. The molecule has 0 radical (unpaired) electrons. The summed E-state index contributed by atoms with van der Waals surface area (Å²) in [5, 5.41) is 5.52. The maximum absolute atomic E-state index is 13.0. The number of carbonyl (C=O) groups excluding carboxylic acids is 1. The van der Waals surface area contributed by atoms with Gasteiger partial charge in [0.25, 0.3) is 0 Å². The lowest BCUT2D eigenvalue weighted by Gasteiger charge is -2.23. The second kappa shape index (κ2) is 7.19. The highest BCUT2D eigenvalue weighted by molar-refractivity contribution is 7.89. The summed E-state index contributed by atoms with van der Waals surface area (Å²) < 4.78 is 39.7. The average Bonchev–Trinajstić information content (AvgIpc) is 3.22. The highest BCUT2D eigenvalue weighted by atomic mass is 32.2. The van der Waals surface area contributed by atoms with Crippen LogP contribution in [0.25, 0.3) is 0 Å². The molecule has 2 heterocycles. The summed E-state index contributed by atoms with van der Waals surface area (Å²) in [5.74, 6) is -0.845. The van der Waals surface area contributed by atoms with Crippen molar-refractivity contribution in [2.75, 3.05) is 6.54 Å². The van der Waals surface area contributed by atoms with Gasteiger partial charge in [-0.3, -0.25) is 4.79 Å². The zero-order valence-electron chi connectivity index (χ0n) is 13.6. The van der Waals surface area contributed by atoms with Gasteiger partial charge in [-0.15, -0.1) is 11.3 Å². The van der Waals surface area contributed by atoms with E-state index in [9.17, 15) is 17.6 Å². The lowest BCUT2D eigenvalue weighted by molar-refractivity contribution is -0.124. The van der Waals surface area contributed by atoms with E-state index in [0.717, 1.165) is 22.8 Å². The van der Waals surface area contributed by atoms with Gasteiger partial charge in [0.15, 0.2) is 0 Å². The van der Waals surface area contributed by atoms with E-state index in [1.54, 1.807) is 0 Å². The second-order valence-electron chi connectivity index (χ2n) is 5.80. The van der Waals surface area contributed by atoms with Gasteiger partial charge in [0, 0.05) is 11.9 Å². The third-order valence-corrected chi connectivity index (χ3v) is 6.78. The Hall–Kier alpha value is -1.84. The standard InChI is InChI=1S/C16H18FN3O3S2/c1-11-19-13(10-24-11)9-18-16(21)15-3-2-8-20(15)25(22,23)14-6-4-12(17)5-7-14/h4-7,10,15H,2-3,8-9H2,1H3,(H,18,21). The summed E-state index contributed by atoms with van der Waals surface area (Å²) in [4.78, 5) is 16.7. The van der Waals surface area contributed by atoms with Crippen molar-refractivity contribution >= 4 is 27.3 Å². The number of rotatable bonds is 5. The van der Waals surface area contributed by atoms with Crippen molar-refractivity contribution in [3.63, 3.8) is 0 Å². The lowest BCUT2D eigenvalue weighted by atomic mass is 10.2. The Morgan fingerprint density at radius 3 is 2.76 bits per heavy atom. The molecule has 1 amide bonds.